The molecule has 0 aliphatic carbocycles. The van der Waals surface area contributed by atoms with Crippen molar-refractivity contribution in [1.82, 2.24) is 9.55 Å². The van der Waals surface area contributed by atoms with Crippen LogP contribution in [0.3, 0.4) is 0 Å². The molecule has 1 N–H and O–H groups in total. The molecule has 1 amide bonds. The molecule has 3 rings (SSSR count). The third-order valence-electron chi connectivity index (χ3n) is 3.68. The van der Waals surface area contributed by atoms with Crippen molar-refractivity contribution in [2.45, 2.75) is 13.5 Å². The van der Waals surface area contributed by atoms with Gasteiger partial charge in [-0.1, -0.05) is 23.7 Å². The van der Waals surface area contributed by atoms with Crippen LogP contribution in [0.4, 0.5) is 5.69 Å². The highest BCUT2D eigenvalue weighted by molar-refractivity contribution is 6.31. The van der Waals surface area contributed by atoms with E-state index in [-0.39, 0.29) is 17.9 Å². The van der Waals surface area contributed by atoms with Crippen molar-refractivity contribution in [3.8, 4) is 0 Å². The van der Waals surface area contributed by atoms with E-state index in [2.05, 4.69) is 10.3 Å². The first-order valence-corrected chi connectivity index (χ1v) is 7.88. The fourth-order valence-corrected chi connectivity index (χ4v) is 2.66. The van der Waals surface area contributed by atoms with Crippen LogP contribution in [0.5, 0.6) is 0 Å². The minimum Gasteiger partial charge on any atom is -0.324 e. The quantitative estimate of drug-likeness (QED) is 0.730. The Bertz CT molecular complexity index is 1040. The maximum absolute atomic E-state index is 12.5. The third-order valence-corrected chi connectivity index (χ3v) is 3.92. The van der Waals surface area contributed by atoms with Crippen LogP contribution < -0.4 is 10.9 Å². The van der Waals surface area contributed by atoms with Crippen molar-refractivity contribution in [2.24, 2.45) is 0 Å². The van der Waals surface area contributed by atoms with Crippen molar-refractivity contribution in [2.75, 3.05) is 5.32 Å². The summed E-state index contributed by atoms with van der Waals surface area (Å²) < 4.78 is 1.20. The van der Waals surface area contributed by atoms with Gasteiger partial charge in [-0.2, -0.15) is 0 Å². The number of amides is 1. The maximum Gasteiger partial charge on any atom is 0.261 e. The lowest BCUT2D eigenvalue weighted by molar-refractivity contribution is -0.116. The first-order chi connectivity index (χ1) is 12.0. The molecular formula is C18H14ClN3O3. The summed E-state index contributed by atoms with van der Waals surface area (Å²) in [5.74, 6) is -0.589. The van der Waals surface area contributed by atoms with Crippen molar-refractivity contribution in [1.29, 1.82) is 0 Å². The van der Waals surface area contributed by atoms with E-state index in [1.165, 1.54) is 23.9 Å². The summed E-state index contributed by atoms with van der Waals surface area (Å²) in [6.45, 7) is 1.20. The molecule has 3 aromatic rings. The second-order valence-corrected chi connectivity index (χ2v) is 5.93. The molecule has 1 aromatic heterocycles. The fraction of sp³-hybridized carbons (Fsp3) is 0.111. The average molecular weight is 356 g/mol. The number of carbonyl (C=O) groups excluding carboxylic acids is 2. The molecule has 0 atom stereocenters. The number of anilines is 1. The van der Waals surface area contributed by atoms with E-state index in [1.807, 2.05) is 0 Å². The molecule has 0 unspecified atom stereocenters. The number of carbonyl (C=O) groups is 2. The Morgan fingerprint density at radius 3 is 2.72 bits per heavy atom. The number of hydrogen-bond acceptors (Lipinski definition) is 4. The van der Waals surface area contributed by atoms with Crippen molar-refractivity contribution < 1.29 is 9.59 Å². The Balaban J connectivity index is 1.87. The van der Waals surface area contributed by atoms with Crippen LogP contribution in [0.1, 0.15) is 17.3 Å². The van der Waals surface area contributed by atoms with Gasteiger partial charge in [0.15, 0.2) is 5.78 Å². The smallest absolute Gasteiger partial charge is 0.261 e. The topological polar surface area (TPSA) is 81.1 Å². The molecule has 0 bridgehead atoms. The molecule has 0 saturated heterocycles. The first-order valence-electron chi connectivity index (χ1n) is 7.50. The number of ketones is 1. The van der Waals surface area contributed by atoms with Gasteiger partial charge in [0, 0.05) is 10.6 Å². The minimum absolute atomic E-state index is 0.157. The molecule has 7 heteroatoms. The van der Waals surface area contributed by atoms with Gasteiger partial charge in [-0.05, 0) is 37.3 Å². The number of aromatic nitrogens is 2. The highest BCUT2D eigenvalue weighted by Gasteiger charge is 2.12. The van der Waals surface area contributed by atoms with Gasteiger partial charge in [-0.3, -0.25) is 19.0 Å². The second-order valence-electron chi connectivity index (χ2n) is 5.49. The molecule has 0 saturated carbocycles. The van der Waals surface area contributed by atoms with Gasteiger partial charge in [0.05, 0.1) is 22.9 Å². The van der Waals surface area contributed by atoms with Gasteiger partial charge in [-0.25, -0.2) is 4.98 Å². The number of fused-ring (bicyclic) bond motifs is 1. The molecule has 0 aliphatic rings. The monoisotopic (exact) mass is 355 g/mol. The van der Waals surface area contributed by atoms with Gasteiger partial charge in [0.25, 0.3) is 5.56 Å². The van der Waals surface area contributed by atoms with Crippen LogP contribution in [0.25, 0.3) is 10.9 Å². The lowest BCUT2D eigenvalue weighted by Crippen LogP contribution is -2.28. The van der Waals surface area contributed by atoms with Crippen LogP contribution in [0.15, 0.2) is 53.6 Å². The van der Waals surface area contributed by atoms with E-state index in [0.29, 0.717) is 27.2 Å². The molecule has 0 aliphatic heterocycles. The Morgan fingerprint density at radius 2 is 1.96 bits per heavy atom. The molecule has 1 heterocycles. The second kappa shape index (κ2) is 6.86. The van der Waals surface area contributed by atoms with E-state index in [1.54, 1.807) is 36.4 Å². The lowest BCUT2D eigenvalue weighted by Gasteiger charge is -2.10. The Morgan fingerprint density at radius 1 is 1.20 bits per heavy atom. The summed E-state index contributed by atoms with van der Waals surface area (Å²) in [7, 11) is 0. The third kappa shape index (κ3) is 3.59. The predicted molar refractivity (Wildman–Crippen MR) is 96.1 cm³/mol. The summed E-state index contributed by atoms with van der Waals surface area (Å²) in [6, 6.07) is 11.5. The number of halogens is 1. The van der Waals surface area contributed by atoms with Crippen LogP contribution in [-0.4, -0.2) is 21.2 Å². The molecule has 0 spiro atoms. The molecule has 126 valence electrons. The fourth-order valence-electron chi connectivity index (χ4n) is 2.49. The van der Waals surface area contributed by atoms with Gasteiger partial charge in [0.2, 0.25) is 5.91 Å². The van der Waals surface area contributed by atoms with Crippen LogP contribution in [0, 0.1) is 0 Å². The van der Waals surface area contributed by atoms with Gasteiger partial charge < -0.3 is 5.32 Å². The molecule has 0 radical (unpaired) electrons. The van der Waals surface area contributed by atoms with Crippen LogP contribution >= 0.6 is 11.6 Å². The standard InChI is InChI=1S/C18H14ClN3O3/c1-11(23)13-4-2-3-5-16(13)21-17(24)9-22-10-20-15-7-6-12(19)8-14(15)18(22)25/h2-8,10H,9H2,1H3,(H,21,24). The maximum atomic E-state index is 12.5. The first kappa shape index (κ1) is 16.9. The average Bonchev–Trinajstić information content (AvgIpc) is 2.58. The van der Waals surface area contributed by atoms with Crippen molar-refractivity contribution >= 4 is 39.9 Å². The number of rotatable bonds is 4. The zero-order chi connectivity index (χ0) is 18.0. The van der Waals surface area contributed by atoms with Crippen LogP contribution in [-0.2, 0) is 11.3 Å². The summed E-state index contributed by atoms with van der Waals surface area (Å²) in [6.07, 6.45) is 1.31. The number of hydrogen-bond donors (Lipinski definition) is 1. The SMILES string of the molecule is CC(=O)c1ccccc1NC(=O)Cn1cnc2ccc(Cl)cc2c1=O. The highest BCUT2D eigenvalue weighted by atomic mass is 35.5. The zero-order valence-electron chi connectivity index (χ0n) is 13.3. The number of Topliss-reactive ketones (excluding diaryl/α,β-unsaturated/α-hetero) is 1. The molecule has 0 fully saturated rings. The van der Waals surface area contributed by atoms with E-state index in [9.17, 15) is 14.4 Å². The van der Waals surface area contributed by atoms with E-state index < -0.39 is 5.91 Å². The summed E-state index contributed by atoms with van der Waals surface area (Å²) >= 11 is 5.92. The van der Waals surface area contributed by atoms with Crippen molar-refractivity contribution in [3.05, 3.63) is 69.7 Å². The van der Waals surface area contributed by atoms with Gasteiger partial charge >= 0.3 is 0 Å². The van der Waals surface area contributed by atoms with Crippen molar-refractivity contribution in [3.63, 3.8) is 0 Å². The number of nitrogens with one attached hydrogen (secondary N) is 1. The number of benzene rings is 2. The largest absolute Gasteiger partial charge is 0.324 e. The summed E-state index contributed by atoms with van der Waals surface area (Å²) in [5, 5.41) is 3.41. The Labute approximate surface area is 148 Å². The highest BCUT2D eigenvalue weighted by Crippen LogP contribution is 2.16. The molecule has 25 heavy (non-hydrogen) atoms. The predicted octanol–water partition coefficient (Wildman–Crippen LogP) is 2.89. The molecular weight excluding hydrogens is 342 g/mol. The lowest BCUT2D eigenvalue weighted by atomic mass is 10.1. The number of nitrogens with zero attached hydrogens (tertiary/aromatic N) is 2. The van der Waals surface area contributed by atoms with E-state index >= 15 is 0 Å². The van der Waals surface area contributed by atoms with Gasteiger partial charge in [-0.15, -0.1) is 0 Å². The van der Waals surface area contributed by atoms with Crippen LogP contribution in [0.2, 0.25) is 5.02 Å². The van der Waals surface area contributed by atoms with E-state index in [0.717, 1.165) is 0 Å². The van der Waals surface area contributed by atoms with E-state index in [4.69, 9.17) is 11.6 Å². The molecule has 2 aromatic carbocycles. The summed E-state index contributed by atoms with van der Waals surface area (Å²) in [4.78, 5) is 40.5. The minimum atomic E-state index is -0.432. The number of para-hydroxylation sites is 1. The Hall–Kier alpha value is -2.99. The normalized spacial score (nSPS) is 10.6. The molecule has 6 nitrogen and oxygen atoms in total. The van der Waals surface area contributed by atoms with Gasteiger partial charge in [0.1, 0.15) is 6.54 Å². The summed E-state index contributed by atoms with van der Waals surface area (Å²) in [5.41, 5.74) is 0.965. The zero-order valence-corrected chi connectivity index (χ0v) is 14.1. The Kier molecular flexibility index (Phi) is 4.63.